The van der Waals surface area contributed by atoms with Crippen LogP contribution in [0.3, 0.4) is 0 Å². The maximum Gasteiger partial charge on any atom is 0.243 e. The number of carbonyl (C=O) groups excluding carboxylic acids is 2. The maximum absolute atomic E-state index is 13.2. The normalized spacial score (nSPS) is 12.4. The van der Waals surface area contributed by atoms with Crippen molar-refractivity contribution in [1.29, 1.82) is 0 Å². The van der Waals surface area contributed by atoms with E-state index in [9.17, 15) is 18.0 Å². The second-order valence-corrected chi connectivity index (χ2v) is 10.0. The van der Waals surface area contributed by atoms with Gasteiger partial charge in [0.25, 0.3) is 0 Å². The van der Waals surface area contributed by atoms with E-state index in [4.69, 9.17) is 11.6 Å². The molecule has 1 atom stereocenters. The van der Waals surface area contributed by atoms with Gasteiger partial charge in [-0.2, -0.15) is 4.31 Å². The summed E-state index contributed by atoms with van der Waals surface area (Å²) < 4.78 is 26.7. The number of halogens is 1. The Morgan fingerprint density at radius 3 is 2.28 bits per heavy atom. The lowest BCUT2D eigenvalue weighted by Gasteiger charge is -2.30. The van der Waals surface area contributed by atoms with Gasteiger partial charge < -0.3 is 10.2 Å². The second-order valence-electron chi connectivity index (χ2n) is 7.54. The number of unbranched alkanes of at least 4 members (excludes halogenated alkanes) is 1. The summed E-state index contributed by atoms with van der Waals surface area (Å²) >= 11 is 5.85. The van der Waals surface area contributed by atoms with Gasteiger partial charge in [0, 0.05) is 25.2 Å². The third-order valence-electron chi connectivity index (χ3n) is 5.07. The van der Waals surface area contributed by atoms with Crippen LogP contribution in [-0.4, -0.2) is 55.6 Å². The highest BCUT2D eigenvalue weighted by Crippen LogP contribution is 2.18. The van der Waals surface area contributed by atoms with E-state index in [1.54, 1.807) is 6.92 Å². The molecule has 0 fully saturated rings. The molecule has 0 unspecified atom stereocenters. The lowest BCUT2D eigenvalue weighted by atomic mass is 10.1. The van der Waals surface area contributed by atoms with Gasteiger partial charge in [0.1, 0.15) is 6.04 Å². The van der Waals surface area contributed by atoms with Crippen LogP contribution in [0.5, 0.6) is 0 Å². The van der Waals surface area contributed by atoms with Gasteiger partial charge in [0.05, 0.1) is 11.4 Å². The van der Waals surface area contributed by atoms with E-state index < -0.39 is 28.5 Å². The molecule has 2 amide bonds. The van der Waals surface area contributed by atoms with Crippen LogP contribution in [0.15, 0.2) is 59.5 Å². The highest BCUT2D eigenvalue weighted by atomic mass is 35.5. The first-order chi connectivity index (χ1) is 15.2. The van der Waals surface area contributed by atoms with E-state index in [0.29, 0.717) is 11.6 Å². The van der Waals surface area contributed by atoms with Crippen molar-refractivity contribution in [2.24, 2.45) is 0 Å². The van der Waals surface area contributed by atoms with Crippen LogP contribution in [0.2, 0.25) is 5.02 Å². The van der Waals surface area contributed by atoms with Crippen LogP contribution in [-0.2, 0) is 26.2 Å². The smallest absolute Gasteiger partial charge is 0.243 e. The lowest BCUT2D eigenvalue weighted by molar-refractivity contribution is -0.140. The molecule has 0 aliphatic rings. The number of hydrogen-bond donors (Lipinski definition) is 1. The lowest BCUT2D eigenvalue weighted by Crippen LogP contribution is -2.50. The third kappa shape index (κ3) is 7.05. The van der Waals surface area contributed by atoms with Crippen LogP contribution in [0.25, 0.3) is 0 Å². The zero-order chi connectivity index (χ0) is 23.7. The first kappa shape index (κ1) is 25.8. The molecule has 0 aliphatic heterocycles. The standard InChI is InChI=1S/C23H30ClN3O4S/c1-4-5-15-25-23(29)18(2)27(16-19-9-7-6-8-10-19)22(28)17-26(3)32(30,31)21-13-11-20(24)12-14-21/h6-14,18H,4-5,15-17H2,1-3H3,(H,25,29)/t18-/m1/s1. The Labute approximate surface area is 195 Å². The zero-order valence-corrected chi connectivity index (χ0v) is 20.2. The molecule has 9 heteroatoms. The molecule has 1 N–H and O–H groups in total. The summed E-state index contributed by atoms with van der Waals surface area (Å²) in [4.78, 5) is 27.3. The quantitative estimate of drug-likeness (QED) is 0.501. The molecule has 0 saturated carbocycles. The minimum absolute atomic E-state index is 0.0390. The SMILES string of the molecule is CCCCNC(=O)[C@@H](C)N(Cc1ccccc1)C(=O)CN(C)S(=O)(=O)c1ccc(Cl)cc1. The summed E-state index contributed by atoms with van der Waals surface area (Å²) in [6.45, 7) is 3.99. The Kier molecular flexibility index (Phi) is 9.68. The summed E-state index contributed by atoms with van der Waals surface area (Å²) in [5.74, 6) is -0.738. The van der Waals surface area contributed by atoms with Crippen LogP contribution in [0.4, 0.5) is 0 Å². The monoisotopic (exact) mass is 479 g/mol. The topological polar surface area (TPSA) is 86.8 Å². The molecule has 7 nitrogen and oxygen atoms in total. The molecule has 2 rings (SSSR count). The molecule has 0 bridgehead atoms. The first-order valence-electron chi connectivity index (χ1n) is 10.5. The summed E-state index contributed by atoms with van der Waals surface area (Å²) in [6, 6.07) is 14.3. The molecule has 0 spiro atoms. The predicted octanol–water partition coefficient (Wildman–Crippen LogP) is 3.29. The number of carbonyl (C=O) groups is 2. The van der Waals surface area contributed by atoms with Gasteiger partial charge in [-0.1, -0.05) is 55.3 Å². The maximum atomic E-state index is 13.2. The fourth-order valence-corrected chi connectivity index (χ4v) is 4.30. The van der Waals surface area contributed by atoms with E-state index in [1.807, 2.05) is 37.3 Å². The summed E-state index contributed by atoms with van der Waals surface area (Å²) in [6.07, 6.45) is 1.78. The first-order valence-corrected chi connectivity index (χ1v) is 12.3. The highest BCUT2D eigenvalue weighted by molar-refractivity contribution is 7.89. The van der Waals surface area contributed by atoms with Crippen molar-refractivity contribution < 1.29 is 18.0 Å². The van der Waals surface area contributed by atoms with Gasteiger partial charge in [-0.25, -0.2) is 8.42 Å². The van der Waals surface area contributed by atoms with Crippen molar-refractivity contribution in [2.45, 2.75) is 44.2 Å². The Morgan fingerprint density at radius 2 is 1.69 bits per heavy atom. The minimum atomic E-state index is -3.89. The van der Waals surface area contributed by atoms with E-state index in [1.165, 1.54) is 36.2 Å². The van der Waals surface area contributed by atoms with Crippen molar-refractivity contribution in [3.05, 3.63) is 65.2 Å². The number of rotatable bonds is 11. The van der Waals surface area contributed by atoms with Gasteiger partial charge in [0.2, 0.25) is 21.8 Å². The molecule has 174 valence electrons. The molecule has 0 saturated heterocycles. The van der Waals surface area contributed by atoms with Crippen molar-refractivity contribution >= 4 is 33.4 Å². The average Bonchev–Trinajstić information content (AvgIpc) is 2.78. The molecule has 32 heavy (non-hydrogen) atoms. The van der Waals surface area contributed by atoms with Crippen molar-refractivity contribution in [3.63, 3.8) is 0 Å². The zero-order valence-electron chi connectivity index (χ0n) is 18.6. The molecule has 0 heterocycles. The largest absolute Gasteiger partial charge is 0.354 e. The van der Waals surface area contributed by atoms with Crippen LogP contribution < -0.4 is 5.32 Å². The van der Waals surface area contributed by atoms with Crippen LogP contribution in [0.1, 0.15) is 32.3 Å². The Morgan fingerprint density at radius 1 is 1.06 bits per heavy atom. The summed E-state index contributed by atoms with van der Waals surface area (Å²) in [5, 5.41) is 3.26. The third-order valence-corrected chi connectivity index (χ3v) is 7.14. The molecule has 0 aliphatic carbocycles. The van der Waals surface area contributed by atoms with E-state index in [0.717, 1.165) is 22.7 Å². The fraction of sp³-hybridized carbons (Fsp3) is 0.391. The molecule has 2 aromatic carbocycles. The van der Waals surface area contributed by atoms with E-state index >= 15 is 0 Å². The van der Waals surface area contributed by atoms with Gasteiger partial charge >= 0.3 is 0 Å². The van der Waals surface area contributed by atoms with E-state index in [-0.39, 0.29) is 17.3 Å². The average molecular weight is 480 g/mol. The van der Waals surface area contributed by atoms with Crippen LogP contribution >= 0.6 is 11.6 Å². The molecule has 0 aromatic heterocycles. The molecule has 2 aromatic rings. The van der Waals surface area contributed by atoms with Gasteiger partial charge in [-0.3, -0.25) is 9.59 Å². The molecule has 0 radical (unpaired) electrons. The number of hydrogen-bond acceptors (Lipinski definition) is 4. The number of benzene rings is 2. The Bertz CT molecular complexity index is 998. The second kappa shape index (κ2) is 12.0. The van der Waals surface area contributed by atoms with Crippen molar-refractivity contribution in [1.82, 2.24) is 14.5 Å². The Hall–Kier alpha value is -2.42. The number of likely N-dealkylation sites (N-methyl/N-ethyl adjacent to an activating group) is 1. The minimum Gasteiger partial charge on any atom is -0.354 e. The van der Waals surface area contributed by atoms with Gasteiger partial charge in [-0.05, 0) is 43.2 Å². The Balaban J connectivity index is 2.20. The predicted molar refractivity (Wildman–Crippen MR) is 126 cm³/mol. The number of nitrogens with one attached hydrogen (secondary N) is 1. The van der Waals surface area contributed by atoms with E-state index in [2.05, 4.69) is 5.32 Å². The molecular formula is C23H30ClN3O4S. The number of amides is 2. The van der Waals surface area contributed by atoms with Gasteiger partial charge in [0.15, 0.2) is 0 Å². The number of sulfonamides is 1. The highest BCUT2D eigenvalue weighted by Gasteiger charge is 2.30. The van der Waals surface area contributed by atoms with Gasteiger partial charge in [-0.15, -0.1) is 0 Å². The fourth-order valence-electron chi connectivity index (χ4n) is 3.05. The van der Waals surface area contributed by atoms with Crippen LogP contribution in [0, 0.1) is 0 Å². The van der Waals surface area contributed by atoms with Crippen molar-refractivity contribution in [3.8, 4) is 0 Å². The number of nitrogens with zero attached hydrogens (tertiary/aromatic N) is 2. The summed E-state index contributed by atoms with van der Waals surface area (Å²) in [7, 11) is -2.55. The van der Waals surface area contributed by atoms with Crippen molar-refractivity contribution in [2.75, 3.05) is 20.1 Å². The molecular weight excluding hydrogens is 450 g/mol. The summed E-state index contributed by atoms with van der Waals surface area (Å²) in [5.41, 5.74) is 0.845.